The lowest BCUT2D eigenvalue weighted by molar-refractivity contribution is 0.163. The van der Waals surface area contributed by atoms with Crippen molar-refractivity contribution in [2.45, 2.75) is 20.0 Å². The molecule has 0 saturated heterocycles. The topological polar surface area (TPSA) is 81.4 Å². The van der Waals surface area contributed by atoms with Crippen LogP contribution >= 0.6 is 0 Å². The molecule has 0 aliphatic rings. The van der Waals surface area contributed by atoms with Crippen molar-refractivity contribution < 1.29 is 17.5 Å². The van der Waals surface area contributed by atoms with E-state index in [9.17, 15) is 12.8 Å². The Morgan fingerprint density at radius 1 is 1.42 bits per heavy atom. The monoisotopic (exact) mass is 290 g/mol. The van der Waals surface area contributed by atoms with Crippen LogP contribution in [0.5, 0.6) is 0 Å². The summed E-state index contributed by atoms with van der Waals surface area (Å²) in [5.74, 6) is -0.598. The van der Waals surface area contributed by atoms with E-state index in [2.05, 4.69) is 4.72 Å². The van der Waals surface area contributed by atoms with Gasteiger partial charge in [0.15, 0.2) is 0 Å². The Morgan fingerprint density at radius 3 is 2.74 bits per heavy atom. The first-order chi connectivity index (χ1) is 8.98. The maximum absolute atomic E-state index is 13.6. The van der Waals surface area contributed by atoms with E-state index in [1.54, 1.807) is 13.0 Å². The van der Waals surface area contributed by atoms with Gasteiger partial charge in [0, 0.05) is 25.3 Å². The summed E-state index contributed by atoms with van der Waals surface area (Å²) < 4.78 is 44.1. The molecule has 0 radical (unpaired) electrons. The van der Waals surface area contributed by atoms with Gasteiger partial charge in [-0.05, 0) is 18.6 Å². The molecule has 5 nitrogen and oxygen atoms in total. The van der Waals surface area contributed by atoms with Gasteiger partial charge < -0.3 is 10.5 Å². The number of halogens is 1. The Kier molecular flexibility index (Phi) is 6.36. The van der Waals surface area contributed by atoms with Crippen molar-refractivity contribution in [3.05, 3.63) is 35.1 Å². The third-order valence-electron chi connectivity index (χ3n) is 2.54. The third-order valence-corrected chi connectivity index (χ3v) is 3.82. The second kappa shape index (κ2) is 7.54. The maximum atomic E-state index is 13.6. The highest BCUT2D eigenvalue weighted by molar-refractivity contribution is 7.89. The van der Waals surface area contributed by atoms with Crippen molar-refractivity contribution in [1.82, 2.24) is 4.72 Å². The van der Waals surface area contributed by atoms with Crippen LogP contribution in [-0.2, 0) is 27.8 Å². The molecule has 7 heteroatoms. The van der Waals surface area contributed by atoms with Gasteiger partial charge in [-0.3, -0.25) is 0 Å². The molecule has 1 aromatic rings. The van der Waals surface area contributed by atoms with Gasteiger partial charge in [0.2, 0.25) is 10.0 Å². The molecule has 0 unspecified atom stereocenters. The van der Waals surface area contributed by atoms with Gasteiger partial charge in [0.25, 0.3) is 0 Å². The van der Waals surface area contributed by atoms with E-state index < -0.39 is 15.8 Å². The maximum Gasteiger partial charge on any atom is 0.214 e. The fourth-order valence-corrected chi connectivity index (χ4v) is 2.29. The van der Waals surface area contributed by atoms with Crippen LogP contribution in [0, 0.1) is 5.82 Å². The van der Waals surface area contributed by atoms with E-state index in [-0.39, 0.29) is 31.0 Å². The van der Waals surface area contributed by atoms with Crippen LogP contribution in [0.4, 0.5) is 4.39 Å². The van der Waals surface area contributed by atoms with Crippen molar-refractivity contribution in [3.8, 4) is 0 Å². The quantitative estimate of drug-likeness (QED) is 0.692. The zero-order valence-electron chi connectivity index (χ0n) is 10.9. The summed E-state index contributed by atoms with van der Waals surface area (Å²) in [6, 6.07) is 4.51. The Balaban J connectivity index is 2.56. The standard InChI is InChI=1S/C12H19FN2O3S/c1-2-18-5-6-19(16,17)15-9-11-4-3-10(8-14)7-12(11)13/h3-4,7,15H,2,5-6,8-9,14H2,1H3. The van der Waals surface area contributed by atoms with Gasteiger partial charge in [-0.2, -0.15) is 0 Å². The molecule has 3 N–H and O–H groups in total. The Morgan fingerprint density at radius 2 is 2.16 bits per heavy atom. The zero-order valence-corrected chi connectivity index (χ0v) is 11.7. The number of rotatable bonds is 8. The SMILES string of the molecule is CCOCCS(=O)(=O)NCc1ccc(CN)cc1F. The predicted octanol–water partition coefficient (Wildman–Crippen LogP) is 0.740. The number of hydrogen-bond donors (Lipinski definition) is 2. The lowest BCUT2D eigenvalue weighted by Gasteiger charge is -2.08. The smallest absolute Gasteiger partial charge is 0.214 e. The summed E-state index contributed by atoms with van der Waals surface area (Å²) in [6.45, 7) is 2.54. The Labute approximate surface area is 113 Å². The molecular weight excluding hydrogens is 271 g/mol. The molecule has 0 amide bonds. The van der Waals surface area contributed by atoms with Crippen molar-refractivity contribution in [3.63, 3.8) is 0 Å². The van der Waals surface area contributed by atoms with Crippen LogP contribution in [0.3, 0.4) is 0 Å². The number of hydrogen-bond acceptors (Lipinski definition) is 4. The fraction of sp³-hybridized carbons (Fsp3) is 0.500. The molecule has 1 aromatic carbocycles. The van der Waals surface area contributed by atoms with Crippen molar-refractivity contribution >= 4 is 10.0 Å². The van der Waals surface area contributed by atoms with Crippen LogP contribution in [0.25, 0.3) is 0 Å². The third kappa shape index (κ3) is 5.65. The summed E-state index contributed by atoms with van der Waals surface area (Å²) in [5, 5.41) is 0. The molecule has 0 aliphatic carbocycles. The van der Waals surface area contributed by atoms with Gasteiger partial charge in [-0.1, -0.05) is 12.1 Å². The first kappa shape index (κ1) is 16.0. The highest BCUT2D eigenvalue weighted by Gasteiger charge is 2.11. The number of benzene rings is 1. The van der Waals surface area contributed by atoms with Gasteiger partial charge in [-0.25, -0.2) is 17.5 Å². The van der Waals surface area contributed by atoms with Gasteiger partial charge >= 0.3 is 0 Å². The first-order valence-corrected chi connectivity index (χ1v) is 7.66. The Hall–Kier alpha value is -1.02. The van der Waals surface area contributed by atoms with E-state index in [1.165, 1.54) is 12.1 Å². The van der Waals surface area contributed by atoms with Crippen LogP contribution < -0.4 is 10.5 Å². The minimum Gasteiger partial charge on any atom is -0.381 e. The molecule has 0 atom stereocenters. The predicted molar refractivity (Wildman–Crippen MR) is 71.4 cm³/mol. The largest absolute Gasteiger partial charge is 0.381 e. The zero-order chi connectivity index (χ0) is 14.3. The highest BCUT2D eigenvalue weighted by Crippen LogP contribution is 2.10. The first-order valence-electron chi connectivity index (χ1n) is 6.01. The molecule has 0 saturated carbocycles. The summed E-state index contributed by atoms with van der Waals surface area (Å²) in [5.41, 5.74) is 6.34. The number of sulfonamides is 1. The van der Waals surface area contributed by atoms with E-state index in [1.807, 2.05) is 0 Å². The summed E-state index contributed by atoms with van der Waals surface area (Å²) in [4.78, 5) is 0. The number of nitrogens with two attached hydrogens (primary N) is 1. The lowest BCUT2D eigenvalue weighted by Crippen LogP contribution is -2.28. The summed E-state index contributed by atoms with van der Waals surface area (Å²) >= 11 is 0. The fourth-order valence-electron chi connectivity index (χ4n) is 1.43. The molecule has 19 heavy (non-hydrogen) atoms. The summed E-state index contributed by atoms with van der Waals surface area (Å²) in [7, 11) is -3.45. The van der Waals surface area contributed by atoms with Crippen molar-refractivity contribution in [2.75, 3.05) is 19.0 Å². The van der Waals surface area contributed by atoms with E-state index in [0.29, 0.717) is 12.2 Å². The number of ether oxygens (including phenoxy) is 1. The average Bonchev–Trinajstić information content (AvgIpc) is 2.37. The van der Waals surface area contributed by atoms with E-state index in [4.69, 9.17) is 10.5 Å². The van der Waals surface area contributed by atoms with Crippen LogP contribution in [0.2, 0.25) is 0 Å². The van der Waals surface area contributed by atoms with Gasteiger partial charge in [0.1, 0.15) is 5.82 Å². The molecule has 0 spiro atoms. The van der Waals surface area contributed by atoms with Crippen LogP contribution in [0.15, 0.2) is 18.2 Å². The highest BCUT2D eigenvalue weighted by atomic mass is 32.2. The molecular formula is C12H19FN2O3S. The van der Waals surface area contributed by atoms with E-state index >= 15 is 0 Å². The van der Waals surface area contributed by atoms with Gasteiger partial charge in [-0.15, -0.1) is 0 Å². The van der Waals surface area contributed by atoms with Crippen LogP contribution in [0.1, 0.15) is 18.1 Å². The normalized spacial score (nSPS) is 11.7. The average molecular weight is 290 g/mol. The van der Waals surface area contributed by atoms with E-state index in [0.717, 1.165) is 0 Å². The number of nitrogens with one attached hydrogen (secondary N) is 1. The molecule has 0 aliphatic heterocycles. The minimum atomic E-state index is -3.45. The molecule has 0 bridgehead atoms. The second-order valence-corrected chi connectivity index (χ2v) is 5.89. The minimum absolute atomic E-state index is 0.0782. The molecule has 0 fully saturated rings. The van der Waals surface area contributed by atoms with Gasteiger partial charge in [0.05, 0.1) is 12.4 Å². The molecule has 1 rings (SSSR count). The van der Waals surface area contributed by atoms with Crippen molar-refractivity contribution in [2.24, 2.45) is 5.73 Å². The van der Waals surface area contributed by atoms with Crippen LogP contribution in [-0.4, -0.2) is 27.4 Å². The van der Waals surface area contributed by atoms with Crippen molar-refractivity contribution in [1.29, 1.82) is 0 Å². The molecule has 0 heterocycles. The summed E-state index contributed by atoms with van der Waals surface area (Å²) in [6.07, 6.45) is 0. The lowest BCUT2D eigenvalue weighted by atomic mass is 10.1. The second-order valence-electron chi connectivity index (χ2n) is 3.97. The molecule has 0 aromatic heterocycles. The Bertz CT molecular complexity index is 506. The molecule has 108 valence electrons.